The fraction of sp³-hybridized carbons (Fsp3) is 0.250. The van der Waals surface area contributed by atoms with Gasteiger partial charge in [0.1, 0.15) is 6.07 Å². The first kappa shape index (κ1) is 18.2. The van der Waals surface area contributed by atoms with E-state index in [1.165, 1.54) is 11.8 Å². The normalized spacial score (nSPS) is 9.96. The number of hydrogen-bond acceptors (Lipinski definition) is 3. The number of carbonyl (C=O) groups excluding carboxylic acids is 2. The summed E-state index contributed by atoms with van der Waals surface area (Å²) in [6.07, 6.45) is 0.172. The standard InChI is InChI=1S/C20H21N3O2/c1-15-7-3-4-9-18(15)14-22-20(25)11-12-23(16(2)24)19-10-6-5-8-17(19)13-21/h3-10H,11-12,14H2,1-2H3,(H,22,25). The average molecular weight is 335 g/mol. The number of anilines is 1. The second-order valence-corrected chi connectivity index (χ2v) is 5.75. The zero-order valence-corrected chi connectivity index (χ0v) is 14.5. The number of benzene rings is 2. The molecule has 25 heavy (non-hydrogen) atoms. The molecule has 2 rings (SSSR count). The van der Waals surface area contributed by atoms with Crippen LogP contribution in [0.2, 0.25) is 0 Å². The molecule has 0 saturated heterocycles. The molecule has 0 aliphatic rings. The molecule has 0 aliphatic carbocycles. The number of nitrogens with zero attached hydrogens (tertiary/aromatic N) is 2. The molecule has 2 aromatic carbocycles. The van der Waals surface area contributed by atoms with Crippen LogP contribution in [0.4, 0.5) is 5.69 Å². The molecule has 0 spiro atoms. The molecule has 5 heteroatoms. The van der Waals surface area contributed by atoms with Crippen molar-refractivity contribution in [3.63, 3.8) is 0 Å². The first-order valence-corrected chi connectivity index (χ1v) is 8.11. The van der Waals surface area contributed by atoms with Gasteiger partial charge in [-0.3, -0.25) is 9.59 Å². The lowest BCUT2D eigenvalue weighted by Gasteiger charge is -2.22. The van der Waals surface area contributed by atoms with Crippen molar-refractivity contribution in [2.24, 2.45) is 0 Å². The molecular weight excluding hydrogens is 314 g/mol. The fourth-order valence-corrected chi connectivity index (χ4v) is 2.56. The quantitative estimate of drug-likeness (QED) is 0.882. The molecule has 0 saturated carbocycles. The third-order valence-corrected chi connectivity index (χ3v) is 4.00. The van der Waals surface area contributed by atoms with Crippen LogP contribution in [0.15, 0.2) is 48.5 Å². The maximum atomic E-state index is 12.1. The van der Waals surface area contributed by atoms with Crippen molar-refractivity contribution >= 4 is 17.5 Å². The Morgan fingerprint density at radius 1 is 1.12 bits per heavy atom. The molecule has 0 heterocycles. The second kappa shape index (κ2) is 8.65. The summed E-state index contributed by atoms with van der Waals surface area (Å²) >= 11 is 0. The molecule has 0 radical (unpaired) electrons. The highest BCUT2D eigenvalue weighted by Gasteiger charge is 2.16. The van der Waals surface area contributed by atoms with Gasteiger partial charge in [0.15, 0.2) is 0 Å². The van der Waals surface area contributed by atoms with Gasteiger partial charge in [0.2, 0.25) is 11.8 Å². The molecule has 0 fully saturated rings. The Morgan fingerprint density at radius 2 is 1.80 bits per heavy atom. The van der Waals surface area contributed by atoms with Crippen molar-refractivity contribution in [2.45, 2.75) is 26.8 Å². The van der Waals surface area contributed by atoms with Gasteiger partial charge in [0, 0.05) is 26.4 Å². The molecule has 2 aromatic rings. The van der Waals surface area contributed by atoms with Crippen LogP contribution in [0.25, 0.3) is 0 Å². The summed E-state index contributed by atoms with van der Waals surface area (Å²) in [6.45, 7) is 4.12. The predicted octanol–water partition coefficient (Wildman–Crippen LogP) is 2.93. The van der Waals surface area contributed by atoms with Crippen molar-refractivity contribution in [1.82, 2.24) is 5.32 Å². The first-order chi connectivity index (χ1) is 12.0. The number of nitriles is 1. The van der Waals surface area contributed by atoms with Crippen LogP contribution in [-0.2, 0) is 16.1 Å². The minimum Gasteiger partial charge on any atom is -0.352 e. The monoisotopic (exact) mass is 335 g/mol. The molecule has 128 valence electrons. The SMILES string of the molecule is CC(=O)N(CCC(=O)NCc1ccccc1C)c1ccccc1C#N. The smallest absolute Gasteiger partial charge is 0.223 e. The van der Waals surface area contributed by atoms with Crippen LogP contribution >= 0.6 is 0 Å². The number of para-hydroxylation sites is 1. The third-order valence-electron chi connectivity index (χ3n) is 4.00. The van der Waals surface area contributed by atoms with Crippen LogP contribution in [0.1, 0.15) is 30.0 Å². The van der Waals surface area contributed by atoms with Gasteiger partial charge in [0.25, 0.3) is 0 Å². The van der Waals surface area contributed by atoms with Crippen molar-refractivity contribution in [3.05, 3.63) is 65.2 Å². The van der Waals surface area contributed by atoms with Crippen LogP contribution in [-0.4, -0.2) is 18.4 Å². The number of rotatable bonds is 6. The van der Waals surface area contributed by atoms with Gasteiger partial charge in [-0.2, -0.15) is 5.26 Å². The van der Waals surface area contributed by atoms with Gasteiger partial charge in [-0.05, 0) is 30.2 Å². The van der Waals surface area contributed by atoms with Gasteiger partial charge in [-0.25, -0.2) is 0 Å². The molecule has 0 unspecified atom stereocenters. The second-order valence-electron chi connectivity index (χ2n) is 5.75. The third kappa shape index (κ3) is 4.92. The molecular formula is C20H21N3O2. The minimum atomic E-state index is -0.200. The lowest BCUT2D eigenvalue weighted by atomic mass is 10.1. The fourth-order valence-electron chi connectivity index (χ4n) is 2.56. The van der Waals surface area contributed by atoms with E-state index in [-0.39, 0.29) is 24.8 Å². The van der Waals surface area contributed by atoms with E-state index in [2.05, 4.69) is 11.4 Å². The molecule has 1 N–H and O–H groups in total. The van der Waals surface area contributed by atoms with Gasteiger partial charge in [-0.15, -0.1) is 0 Å². The molecule has 2 amide bonds. The van der Waals surface area contributed by atoms with Crippen LogP contribution < -0.4 is 10.2 Å². The Balaban J connectivity index is 1.97. The van der Waals surface area contributed by atoms with E-state index in [0.29, 0.717) is 17.8 Å². The lowest BCUT2D eigenvalue weighted by Crippen LogP contribution is -2.34. The van der Waals surface area contributed by atoms with E-state index in [4.69, 9.17) is 0 Å². The summed E-state index contributed by atoms with van der Waals surface area (Å²) in [6, 6.07) is 16.8. The Labute approximate surface area is 147 Å². The summed E-state index contributed by atoms with van der Waals surface area (Å²) in [5.74, 6) is -0.335. The largest absolute Gasteiger partial charge is 0.352 e. The Kier molecular flexibility index (Phi) is 6.30. The van der Waals surface area contributed by atoms with Gasteiger partial charge >= 0.3 is 0 Å². The minimum absolute atomic E-state index is 0.135. The van der Waals surface area contributed by atoms with Crippen molar-refractivity contribution in [1.29, 1.82) is 5.26 Å². The number of nitrogens with one attached hydrogen (secondary N) is 1. The first-order valence-electron chi connectivity index (χ1n) is 8.11. The molecule has 0 aromatic heterocycles. The predicted molar refractivity (Wildman–Crippen MR) is 96.8 cm³/mol. The van der Waals surface area contributed by atoms with E-state index >= 15 is 0 Å². The molecule has 0 bridgehead atoms. The van der Waals surface area contributed by atoms with Crippen molar-refractivity contribution in [3.8, 4) is 6.07 Å². The highest BCUT2D eigenvalue weighted by atomic mass is 16.2. The maximum absolute atomic E-state index is 12.1. The molecule has 0 atom stereocenters. The summed E-state index contributed by atoms with van der Waals surface area (Å²) < 4.78 is 0. The van der Waals surface area contributed by atoms with E-state index in [1.807, 2.05) is 31.2 Å². The zero-order valence-electron chi connectivity index (χ0n) is 14.5. The summed E-state index contributed by atoms with van der Waals surface area (Å²) in [5.41, 5.74) is 3.13. The molecule has 0 aliphatic heterocycles. The number of carbonyl (C=O) groups is 2. The highest BCUT2D eigenvalue weighted by molar-refractivity contribution is 5.93. The van der Waals surface area contributed by atoms with E-state index in [0.717, 1.165) is 11.1 Å². The average Bonchev–Trinajstić information content (AvgIpc) is 2.61. The Morgan fingerprint density at radius 3 is 2.48 bits per heavy atom. The van der Waals surface area contributed by atoms with Crippen molar-refractivity contribution < 1.29 is 9.59 Å². The summed E-state index contributed by atoms with van der Waals surface area (Å²) in [7, 11) is 0. The Hall–Kier alpha value is -3.13. The van der Waals surface area contributed by atoms with Crippen LogP contribution in [0.5, 0.6) is 0 Å². The van der Waals surface area contributed by atoms with E-state index in [9.17, 15) is 14.9 Å². The maximum Gasteiger partial charge on any atom is 0.223 e. The van der Waals surface area contributed by atoms with Gasteiger partial charge < -0.3 is 10.2 Å². The zero-order chi connectivity index (χ0) is 18.2. The van der Waals surface area contributed by atoms with E-state index < -0.39 is 0 Å². The summed E-state index contributed by atoms with van der Waals surface area (Å²) in [4.78, 5) is 25.5. The van der Waals surface area contributed by atoms with E-state index in [1.54, 1.807) is 24.3 Å². The van der Waals surface area contributed by atoms with Crippen molar-refractivity contribution in [2.75, 3.05) is 11.4 Å². The topological polar surface area (TPSA) is 73.2 Å². The van der Waals surface area contributed by atoms with Gasteiger partial charge in [0.05, 0.1) is 11.3 Å². The lowest BCUT2D eigenvalue weighted by molar-refractivity contribution is -0.121. The number of aryl methyl sites for hydroxylation is 1. The van der Waals surface area contributed by atoms with Crippen LogP contribution in [0, 0.1) is 18.3 Å². The number of amides is 2. The Bertz CT molecular complexity index is 809. The summed E-state index contributed by atoms with van der Waals surface area (Å²) in [5, 5.41) is 12.1. The highest BCUT2D eigenvalue weighted by Crippen LogP contribution is 2.20. The van der Waals surface area contributed by atoms with Gasteiger partial charge in [-0.1, -0.05) is 36.4 Å². The van der Waals surface area contributed by atoms with Crippen LogP contribution in [0.3, 0.4) is 0 Å². The molecule has 5 nitrogen and oxygen atoms in total. The number of hydrogen-bond donors (Lipinski definition) is 1.